The number of carboxylic acids is 1. The van der Waals surface area contributed by atoms with Gasteiger partial charge in [0.1, 0.15) is 6.61 Å². The summed E-state index contributed by atoms with van der Waals surface area (Å²) in [5, 5.41) is 16.9. The lowest BCUT2D eigenvalue weighted by atomic mass is 9.79. The summed E-state index contributed by atoms with van der Waals surface area (Å²) in [4.78, 5) is 11.0. The van der Waals surface area contributed by atoms with Crippen molar-refractivity contribution in [2.24, 2.45) is 5.41 Å². The van der Waals surface area contributed by atoms with Gasteiger partial charge in [0.15, 0.2) is 0 Å². The van der Waals surface area contributed by atoms with E-state index in [1.54, 1.807) is 7.11 Å². The van der Waals surface area contributed by atoms with E-state index in [0.29, 0.717) is 24.8 Å². The third-order valence-corrected chi connectivity index (χ3v) is 3.49. The van der Waals surface area contributed by atoms with Crippen LogP contribution in [0.4, 0.5) is 0 Å². The molecular weight excluding hydrogens is 236 g/mol. The van der Waals surface area contributed by atoms with Crippen LogP contribution in [0.2, 0.25) is 0 Å². The average molecular weight is 254 g/mol. The summed E-state index contributed by atoms with van der Waals surface area (Å²) in [5.74, 6) is 0.203. The minimum atomic E-state index is -0.756. The number of carbonyl (C=O) groups is 1. The highest BCUT2D eigenvalue weighted by atomic mass is 16.5. The van der Waals surface area contributed by atoms with Crippen LogP contribution < -0.4 is 0 Å². The molecule has 6 heteroatoms. The Morgan fingerprint density at radius 2 is 2.06 bits per heavy atom. The van der Waals surface area contributed by atoms with Crippen molar-refractivity contribution in [3.8, 4) is 0 Å². The number of hydrogen-bond donors (Lipinski definition) is 1. The fourth-order valence-corrected chi connectivity index (χ4v) is 2.72. The molecule has 0 aromatic carbocycles. The van der Waals surface area contributed by atoms with Gasteiger partial charge in [-0.3, -0.25) is 4.79 Å². The quantitative estimate of drug-likeness (QED) is 0.833. The van der Waals surface area contributed by atoms with E-state index in [9.17, 15) is 4.79 Å². The van der Waals surface area contributed by atoms with Crippen LogP contribution in [-0.4, -0.2) is 28.4 Å². The summed E-state index contributed by atoms with van der Waals surface area (Å²) in [6.07, 6.45) is 4.71. The number of aliphatic carboxylic acids is 1. The molecule has 0 radical (unpaired) electrons. The summed E-state index contributed by atoms with van der Waals surface area (Å²) >= 11 is 0. The van der Waals surface area contributed by atoms with Gasteiger partial charge in [-0.15, -0.1) is 10.2 Å². The molecule has 100 valence electrons. The molecule has 0 bridgehead atoms. The van der Waals surface area contributed by atoms with Crippen LogP contribution in [0, 0.1) is 5.41 Å². The van der Waals surface area contributed by atoms with E-state index in [1.807, 2.05) is 0 Å². The predicted octanol–water partition coefficient (Wildman–Crippen LogP) is 1.79. The molecule has 0 spiro atoms. The van der Waals surface area contributed by atoms with Crippen molar-refractivity contribution in [2.45, 2.75) is 45.1 Å². The van der Waals surface area contributed by atoms with Crippen LogP contribution in [0.5, 0.6) is 0 Å². The minimum absolute atomic E-state index is 0.176. The van der Waals surface area contributed by atoms with E-state index < -0.39 is 5.97 Å². The summed E-state index contributed by atoms with van der Waals surface area (Å²) in [6.45, 7) is 0.291. The lowest BCUT2D eigenvalue weighted by Crippen LogP contribution is -2.24. The largest absolute Gasteiger partial charge is 0.481 e. The van der Waals surface area contributed by atoms with Crippen LogP contribution in [0.15, 0.2) is 4.42 Å². The molecule has 1 heterocycles. The van der Waals surface area contributed by atoms with Crippen LogP contribution in [-0.2, 0) is 22.6 Å². The van der Waals surface area contributed by atoms with Crippen molar-refractivity contribution in [3.05, 3.63) is 11.8 Å². The lowest BCUT2D eigenvalue weighted by molar-refractivity contribution is -0.139. The number of aromatic nitrogens is 2. The van der Waals surface area contributed by atoms with Gasteiger partial charge in [0.2, 0.25) is 11.8 Å². The van der Waals surface area contributed by atoms with Crippen molar-refractivity contribution >= 4 is 5.97 Å². The van der Waals surface area contributed by atoms with Gasteiger partial charge in [0.25, 0.3) is 0 Å². The van der Waals surface area contributed by atoms with Crippen LogP contribution >= 0.6 is 0 Å². The van der Waals surface area contributed by atoms with Crippen LogP contribution in [0.1, 0.15) is 43.9 Å². The van der Waals surface area contributed by atoms with Gasteiger partial charge in [-0.1, -0.05) is 12.8 Å². The molecule has 1 saturated carbocycles. The van der Waals surface area contributed by atoms with Gasteiger partial charge in [-0.2, -0.15) is 0 Å². The number of ether oxygens (including phenoxy) is 1. The second-order valence-corrected chi connectivity index (χ2v) is 4.98. The summed E-state index contributed by atoms with van der Waals surface area (Å²) in [5.41, 5.74) is -0.206. The molecule has 0 unspecified atom stereocenters. The van der Waals surface area contributed by atoms with Crippen molar-refractivity contribution in [1.29, 1.82) is 0 Å². The van der Waals surface area contributed by atoms with E-state index in [2.05, 4.69) is 10.2 Å². The average Bonchev–Trinajstić information content (AvgIpc) is 2.89. The van der Waals surface area contributed by atoms with Crippen molar-refractivity contribution in [3.63, 3.8) is 0 Å². The normalized spacial score (nSPS) is 18.1. The topological polar surface area (TPSA) is 85.5 Å². The zero-order valence-corrected chi connectivity index (χ0v) is 10.5. The zero-order chi connectivity index (χ0) is 13.0. The molecule has 1 fully saturated rings. The molecule has 2 rings (SSSR count). The monoisotopic (exact) mass is 254 g/mol. The van der Waals surface area contributed by atoms with Gasteiger partial charge >= 0.3 is 5.97 Å². The molecule has 0 atom stereocenters. The van der Waals surface area contributed by atoms with E-state index in [1.165, 1.54) is 0 Å². The van der Waals surface area contributed by atoms with E-state index in [4.69, 9.17) is 14.3 Å². The molecule has 0 aliphatic heterocycles. The van der Waals surface area contributed by atoms with E-state index in [0.717, 1.165) is 25.7 Å². The highest BCUT2D eigenvalue weighted by Gasteiger charge is 2.37. The van der Waals surface area contributed by atoms with Crippen molar-refractivity contribution in [1.82, 2.24) is 10.2 Å². The second kappa shape index (κ2) is 5.48. The first-order valence-corrected chi connectivity index (χ1v) is 6.15. The molecule has 1 aliphatic carbocycles. The molecule has 0 amide bonds. The van der Waals surface area contributed by atoms with Crippen molar-refractivity contribution < 1.29 is 19.1 Å². The molecule has 6 nitrogen and oxygen atoms in total. The Kier molecular flexibility index (Phi) is 3.96. The Bertz CT molecular complexity index is 410. The maximum Gasteiger partial charge on any atom is 0.303 e. The number of methoxy groups -OCH3 is 1. The fraction of sp³-hybridized carbons (Fsp3) is 0.750. The molecule has 1 aromatic heterocycles. The van der Waals surface area contributed by atoms with E-state index >= 15 is 0 Å². The summed E-state index contributed by atoms with van der Waals surface area (Å²) in [7, 11) is 1.56. The molecule has 18 heavy (non-hydrogen) atoms. The Hall–Kier alpha value is -1.43. The van der Waals surface area contributed by atoms with Crippen LogP contribution in [0.3, 0.4) is 0 Å². The Labute approximate surface area is 105 Å². The van der Waals surface area contributed by atoms with Gasteiger partial charge in [-0.05, 0) is 18.3 Å². The third-order valence-electron chi connectivity index (χ3n) is 3.49. The standard InChI is InChI=1S/C12H18N2O4/c1-17-8-10-14-13-9(18-10)6-12(7-11(15)16)4-2-3-5-12/h2-8H2,1H3,(H,15,16). The van der Waals surface area contributed by atoms with Gasteiger partial charge in [-0.25, -0.2) is 0 Å². The Morgan fingerprint density at radius 3 is 2.67 bits per heavy atom. The summed E-state index contributed by atoms with van der Waals surface area (Å²) < 4.78 is 10.4. The smallest absolute Gasteiger partial charge is 0.303 e. The number of hydrogen-bond acceptors (Lipinski definition) is 5. The summed E-state index contributed by atoms with van der Waals surface area (Å²) in [6, 6.07) is 0. The number of nitrogens with zero attached hydrogens (tertiary/aromatic N) is 2. The van der Waals surface area contributed by atoms with E-state index in [-0.39, 0.29) is 11.8 Å². The molecule has 0 saturated heterocycles. The van der Waals surface area contributed by atoms with Crippen LogP contribution in [0.25, 0.3) is 0 Å². The first kappa shape index (κ1) is 13.0. The molecular formula is C12H18N2O4. The highest BCUT2D eigenvalue weighted by molar-refractivity contribution is 5.67. The maximum absolute atomic E-state index is 11.0. The zero-order valence-electron chi connectivity index (χ0n) is 10.5. The Morgan fingerprint density at radius 1 is 1.39 bits per heavy atom. The molecule has 1 aliphatic rings. The maximum atomic E-state index is 11.0. The SMILES string of the molecule is COCc1nnc(CC2(CC(=O)O)CCCC2)o1. The number of carboxylic acid groups (broad SMARTS) is 1. The molecule has 1 aromatic rings. The number of rotatable bonds is 6. The van der Waals surface area contributed by atoms with Gasteiger partial charge in [0.05, 0.1) is 6.42 Å². The Balaban J connectivity index is 2.05. The lowest BCUT2D eigenvalue weighted by Gasteiger charge is -2.24. The second-order valence-electron chi connectivity index (χ2n) is 4.98. The van der Waals surface area contributed by atoms with Crippen molar-refractivity contribution in [2.75, 3.05) is 7.11 Å². The first-order valence-electron chi connectivity index (χ1n) is 6.15. The minimum Gasteiger partial charge on any atom is -0.481 e. The predicted molar refractivity (Wildman–Crippen MR) is 61.9 cm³/mol. The van der Waals surface area contributed by atoms with Gasteiger partial charge in [0, 0.05) is 13.5 Å². The first-order chi connectivity index (χ1) is 8.63. The fourth-order valence-electron chi connectivity index (χ4n) is 2.72. The highest BCUT2D eigenvalue weighted by Crippen LogP contribution is 2.43. The molecule has 1 N–H and O–H groups in total. The third kappa shape index (κ3) is 3.07. The van der Waals surface area contributed by atoms with Gasteiger partial charge < -0.3 is 14.3 Å².